The van der Waals surface area contributed by atoms with Gasteiger partial charge in [0.2, 0.25) is 0 Å². The molecule has 0 spiro atoms. The van der Waals surface area contributed by atoms with Crippen molar-refractivity contribution in [3.63, 3.8) is 0 Å². The molecule has 3 rings (SSSR count). The van der Waals surface area contributed by atoms with Crippen LogP contribution in [-0.2, 0) is 6.54 Å². The van der Waals surface area contributed by atoms with E-state index in [0.717, 1.165) is 19.5 Å². The van der Waals surface area contributed by atoms with Gasteiger partial charge in [-0.15, -0.1) is 5.10 Å². The van der Waals surface area contributed by atoms with Gasteiger partial charge in [0.25, 0.3) is 0 Å². The van der Waals surface area contributed by atoms with E-state index < -0.39 is 0 Å². The lowest BCUT2D eigenvalue weighted by Crippen LogP contribution is -2.55. The molecule has 1 aliphatic rings. The van der Waals surface area contributed by atoms with Crippen molar-refractivity contribution < 1.29 is 0 Å². The fourth-order valence-corrected chi connectivity index (χ4v) is 3.39. The summed E-state index contributed by atoms with van der Waals surface area (Å²) in [6.45, 7) is 6.73. The molecule has 1 saturated carbocycles. The van der Waals surface area contributed by atoms with Crippen LogP contribution in [0.4, 0.5) is 0 Å². The van der Waals surface area contributed by atoms with E-state index in [9.17, 15) is 0 Å². The Hall–Kier alpha value is -1.68. The average Bonchev–Trinajstić information content (AvgIpc) is 3.00. The van der Waals surface area contributed by atoms with E-state index in [0.29, 0.717) is 17.4 Å². The second-order valence-corrected chi connectivity index (χ2v) is 6.55. The molecule has 0 unspecified atom stereocenters. The van der Waals surface area contributed by atoms with Crippen LogP contribution in [0.1, 0.15) is 38.2 Å². The highest BCUT2D eigenvalue weighted by atomic mass is 15.4. The van der Waals surface area contributed by atoms with Crippen molar-refractivity contribution in [3.8, 4) is 0 Å². The molecule has 0 bridgehead atoms. The number of nitrogens with one attached hydrogen (secondary N) is 1. The summed E-state index contributed by atoms with van der Waals surface area (Å²) in [5.41, 5.74) is 1.80. The molecule has 4 nitrogen and oxygen atoms in total. The van der Waals surface area contributed by atoms with Crippen molar-refractivity contribution in [1.29, 1.82) is 0 Å². The van der Waals surface area contributed by atoms with E-state index in [4.69, 9.17) is 0 Å². The maximum Gasteiger partial charge on any atom is 0.0692 e. The maximum absolute atomic E-state index is 3.99. The van der Waals surface area contributed by atoms with Crippen LogP contribution >= 0.6 is 0 Å². The molecule has 2 aromatic rings. The van der Waals surface area contributed by atoms with E-state index in [1.165, 1.54) is 12.0 Å². The molecule has 1 aromatic carbocycles. The van der Waals surface area contributed by atoms with Gasteiger partial charge in [0.15, 0.2) is 0 Å². The first-order chi connectivity index (χ1) is 10.2. The monoisotopic (exact) mass is 284 g/mol. The highest BCUT2D eigenvalue weighted by molar-refractivity contribution is 5.27. The third-order valence-electron chi connectivity index (χ3n) is 4.90. The first-order valence-corrected chi connectivity index (χ1v) is 7.80. The molecule has 1 fully saturated rings. The van der Waals surface area contributed by atoms with Gasteiger partial charge in [-0.05, 0) is 36.3 Å². The number of hydrogen-bond acceptors (Lipinski definition) is 3. The van der Waals surface area contributed by atoms with E-state index in [2.05, 4.69) is 59.8 Å². The Bertz CT molecular complexity index is 547. The molecular weight excluding hydrogens is 260 g/mol. The smallest absolute Gasteiger partial charge is 0.0692 e. The summed E-state index contributed by atoms with van der Waals surface area (Å²) in [4.78, 5) is 0. The lowest BCUT2D eigenvalue weighted by Gasteiger charge is -2.53. The summed E-state index contributed by atoms with van der Waals surface area (Å²) in [5, 5.41) is 11.5. The SMILES string of the molecule is CC1(C)[C@@H](NCCCn2ccnn2)C[C@H]1c1ccccc1. The molecule has 2 atom stereocenters. The fraction of sp³-hybridized carbons (Fsp3) is 0.529. The maximum atomic E-state index is 3.99. The van der Waals surface area contributed by atoms with Crippen LogP contribution in [0.2, 0.25) is 0 Å². The molecule has 1 heterocycles. The summed E-state index contributed by atoms with van der Waals surface area (Å²) in [6.07, 6.45) is 5.97. The summed E-state index contributed by atoms with van der Waals surface area (Å²) < 4.78 is 1.89. The lowest BCUT2D eigenvalue weighted by molar-refractivity contribution is 0.0689. The van der Waals surface area contributed by atoms with Gasteiger partial charge in [0.05, 0.1) is 6.20 Å². The number of aromatic nitrogens is 3. The number of rotatable bonds is 6. The molecule has 0 saturated heterocycles. The predicted octanol–water partition coefficient (Wildman–Crippen LogP) is 2.84. The summed E-state index contributed by atoms with van der Waals surface area (Å²) in [7, 11) is 0. The Kier molecular flexibility index (Phi) is 4.06. The Morgan fingerprint density at radius 1 is 1.29 bits per heavy atom. The fourth-order valence-electron chi connectivity index (χ4n) is 3.39. The second kappa shape index (κ2) is 5.98. The predicted molar refractivity (Wildman–Crippen MR) is 84.0 cm³/mol. The highest BCUT2D eigenvalue weighted by Crippen LogP contribution is 2.52. The first kappa shape index (κ1) is 14.3. The number of hydrogen-bond donors (Lipinski definition) is 1. The number of nitrogens with zero attached hydrogens (tertiary/aromatic N) is 3. The second-order valence-electron chi connectivity index (χ2n) is 6.55. The van der Waals surface area contributed by atoms with Crippen molar-refractivity contribution in [2.24, 2.45) is 5.41 Å². The third-order valence-corrected chi connectivity index (χ3v) is 4.90. The molecule has 1 aromatic heterocycles. The zero-order chi connectivity index (χ0) is 14.7. The van der Waals surface area contributed by atoms with Crippen molar-refractivity contribution in [1.82, 2.24) is 20.3 Å². The normalized spacial score (nSPS) is 23.7. The van der Waals surface area contributed by atoms with Crippen LogP contribution in [0, 0.1) is 5.41 Å². The average molecular weight is 284 g/mol. The van der Waals surface area contributed by atoms with Crippen molar-refractivity contribution >= 4 is 0 Å². The topological polar surface area (TPSA) is 42.7 Å². The molecule has 112 valence electrons. The molecule has 1 aliphatic carbocycles. The van der Waals surface area contributed by atoms with Crippen LogP contribution in [0.15, 0.2) is 42.7 Å². The Morgan fingerprint density at radius 2 is 2.10 bits per heavy atom. The summed E-state index contributed by atoms with van der Waals surface area (Å²) in [6, 6.07) is 11.5. The van der Waals surface area contributed by atoms with Crippen LogP contribution in [0.5, 0.6) is 0 Å². The van der Waals surface area contributed by atoms with Gasteiger partial charge in [-0.2, -0.15) is 0 Å². The molecular formula is C17H24N4. The zero-order valence-electron chi connectivity index (χ0n) is 12.9. The highest BCUT2D eigenvalue weighted by Gasteiger charge is 2.47. The van der Waals surface area contributed by atoms with Gasteiger partial charge in [-0.25, -0.2) is 0 Å². The first-order valence-electron chi connectivity index (χ1n) is 7.80. The van der Waals surface area contributed by atoms with Crippen molar-refractivity contribution in [2.45, 2.75) is 45.2 Å². The van der Waals surface area contributed by atoms with Gasteiger partial charge in [0, 0.05) is 18.8 Å². The summed E-state index contributed by atoms with van der Waals surface area (Å²) in [5.74, 6) is 0.673. The van der Waals surface area contributed by atoms with Gasteiger partial charge in [-0.3, -0.25) is 4.68 Å². The Morgan fingerprint density at radius 3 is 2.76 bits per heavy atom. The largest absolute Gasteiger partial charge is 0.313 e. The molecule has 21 heavy (non-hydrogen) atoms. The molecule has 0 radical (unpaired) electrons. The van der Waals surface area contributed by atoms with Crippen molar-refractivity contribution in [2.75, 3.05) is 6.54 Å². The molecule has 4 heteroatoms. The van der Waals surface area contributed by atoms with Gasteiger partial charge >= 0.3 is 0 Å². The summed E-state index contributed by atoms with van der Waals surface area (Å²) >= 11 is 0. The molecule has 1 N–H and O–H groups in total. The molecule has 0 amide bonds. The number of benzene rings is 1. The van der Waals surface area contributed by atoms with Crippen LogP contribution < -0.4 is 5.32 Å². The van der Waals surface area contributed by atoms with Gasteiger partial charge in [0.1, 0.15) is 0 Å². The van der Waals surface area contributed by atoms with E-state index in [-0.39, 0.29) is 0 Å². The quantitative estimate of drug-likeness (QED) is 0.829. The zero-order valence-corrected chi connectivity index (χ0v) is 12.9. The Balaban J connectivity index is 1.46. The number of aryl methyl sites for hydroxylation is 1. The third kappa shape index (κ3) is 3.00. The van der Waals surface area contributed by atoms with E-state index >= 15 is 0 Å². The van der Waals surface area contributed by atoms with Crippen molar-refractivity contribution in [3.05, 3.63) is 48.3 Å². The molecule has 0 aliphatic heterocycles. The minimum Gasteiger partial charge on any atom is -0.313 e. The van der Waals surface area contributed by atoms with Crippen LogP contribution in [-0.4, -0.2) is 27.6 Å². The van der Waals surface area contributed by atoms with Gasteiger partial charge in [-0.1, -0.05) is 49.4 Å². The minimum absolute atomic E-state index is 0.328. The van der Waals surface area contributed by atoms with E-state index in [1.54, 1.807) is 6.20 Å². The Labute approximate surface area is 126 Å². The van der Waals surface area contributed by atoms with Gasteiger partial charge < -0.3 is 5.32 Å². The van der Waals surface area contributed by atoms with Crippen LogP contribution in [0.3, 0.4) is 0 Å². The van der Waals surface area contributed by atoms with Crippen LogP contribution in [0.25, 0.3) is 0 Å². The minimum atomic E-state index is 0.328. The van der Waals surface area contributed by atoms with E-state index in [1.807, 2.05) is 10.9 Å². The standard InChI is InChI=1S/C17H24N4/c1-17(2)15(14-7-4-3-5-8-14)13-16(17)18-9-6-11-21-12-10-19-20-21/h3-5,7-8,10,12,15-16,18H,6,9,11,13H2,1-2H3/t15-,16-/m0/s1. The lowest BCUT2D eigenvalue weighted by atomic mass is 9.56.